The van der Waals surface area contributed by atoms with E-state index in [-0.39, 0.29) is 11.2 Å². The maximum atomic E-state index is 10.3. The van der Waals surface area contributed by atoms with Gasteiger partial charge in [0.05, 0.1) is 5.69 Å². The molecule has 108 valence electrons. The van der Waals surface area contributed by atoms with Gasteiger partial charge in [-0.2, -0.15) is 0 Å². The van der Waals surface area contributed by atoms with Gasteiger partial charge in [-0.25, -0.2) is 0 Å². The molecule has 4 heteroatoms. The van der Waals surface area contributed by atoms with E-state index < -0.39 is 0 Å². The molecule has 0 atom stereocenters. The van der Waals surface area contributed by atoms with Gasteiger partial charge in [0, 0.05) is 0 Å². The van der Waals surface area contributed by atoms with Crippen LogP contribution < -0.4 is 5.73 Å². The summed E-state index contributed by atoms with van der Waals surface area (Å²) in [5.41, 5.74) is 8.14. The Bertz CT molecular complexity index is 563. The number of benzene rings is 1. The predicted molar refractivity (Wildman–Crippen MR) is 83.9 cm³/mol. The first-order valence-corrected chi connectivity index (χ1v) is 6.60. The Labute approximate surface area is 120 Å². The minimum Gasteiger partial charge on any atom is -0.506 e. The molecule has 20 heavy (non-hydrogen) atoms. The number of aliphatic hydroxyl groups is 1. The van der Waals surface area contributed by atoms with Crippen LogP contribution in [0.1, 0.15) is 34.6 Å². The van der Waals surface area contributed by atoms with Crippen LogP contribution >= 0.6 is 0 Å². The zero-order valence-corrected chi connectivity index (χ0v) is 12.8. The number of aliphatic hydroxyl groups excluding tert-OH is 1. The molecule has 0 aromatic heterocycles. The summed E-state index contributed by atoms with van der Waals surface area (Å²) in [5, 5.41) is 18.5. The van der Waals surface area contributed by atoms with E-state index in [1.807, 2.05) is 46.8 Å². The highest BCUT2D eigenvalue weighted by Crippen LogP contribution is 2.30. The average Bonchev–Trinajstić information content (AvgIpc) is 2.39. The molecular weight excluding hydrogens is 250 g/mol. The standard InChI is InChI=1S/C16H23N3O/c1-6-13(15(20)11(2)16(3,4)5)18-19-14-10-8-7-9-12(14)17/h6-10,20H,17H2,1-5H3/b13-6+,15-11-,19-18?. The number of rotatable bonds is 3. The topological polar surface area (TPSA) is 71.0 Å². The fourth-order valence-electron chi connectivity index (χ4n) is 1.48. The van der Waals surface area contributed by atoms with E-state index in [2.05, 4.69) is 10.2 Å². The van der Waals surface area contributed by atoms with Gasteiger partial charge in [-0.3, -0.25) is 0 Å². The molecular formula is C16H23N3O. The van der Waals surface area contributed by atoms with Crippen LogP contribution in [0.3, 0.4) is 0 Å². The zero-order chi connectivity index (χ0) is 15.3. The normalized spacial score (nSPS) is 14.6. The minimum absolute atomic E-state index is 0.125. The van der Waals surface area contributed by atoms with Crippen LogP contribution in [-0.4, -0.2) is 5.11 Å². The second-order valence-electron chi connectivity index (χ2n) is 5.66. The van der Waals surface area contributed by atoms with E-state index >= 15 is 0 Å². The lowest BCUT2D eigenvalue weighted by atomic mass is 9.86. The molecule has 0 spiro atoms. The highest BCUT2D eigenvalue weighted by Gasteiger charge is 2.19. The second-order valence-corrected chi connectivity index (χ2v) is 5.66. The van der Waals surface area contributed by atoms with Crippen molar-refractivity contribution >= 4 is 11.4 Å². The first-order valence-electron chi connectivity index (χ1n) is 6.60. The molecule has 0 aliphatic rings. The van der Waals surface area contributed by atoms with Gasteiger partial charge in [-0.1, -0.05) is 39.0 Å². The van der Waals surface area contributed by atoms with Gasteiger partial charge in [0.2, 0.25) is 0 Å². The number of nitrogens with two attached hydrogens (primary N) is 1. The molecule has 0 amide bonds. The van der Waals surface area contributed by atoms with Gasteiger partial charge >= 0.3 is 0 Å². The third-order valence-corrected chi connectivity index (χ3v) is 3.20. The summed E-state index contributed by atoms with van der Waals surface area (Å²) in [7, 11) is 0. The largest absolute Gasteiger partial charge is 0.506 e. The van der Waals surface area contributed by atoms with E-state index in [0.29, 0.717) is 17.1 Å². The van der Waals surface area contributed by atoms with E-state index in [1.165, 1.54) is 0 Å². The molecule has 1 rings (SSSR count). The van der Waals surface area contributed by atoms with Gasteiger partial charge < -0.3 is 10.8 Å². The first-order chi connectivity index (χ1) is 9.27. The SMILES string of the molecule is C/C=C(N=Nc1ccccc1N)\C(O)=C(/C)C(C)(C)C. The lowest BCUT2D eigenvalue weighted by molar-refractivity contribution is 0.381. The third kappa shape index (κ3) is 3.95. The van der Waals surface area contributed by atoms with Crippen molar-refractivity contribution in [1.82, 2.24) is 0 Å². The van der Waals surface area contributed by atoms with Crippen molar-refractivity contribution in [3.05, 3.63) is 47.4 Å². The third-order valence-electron chi connectivity index (χ3n) is 3.20. The van der Waals surface area contributed by atoms with Crippen molar-refractivity contribution in [3.8, 4) is 0 Å². The highest BCUT2D eigenvalue weighted by atomic mass is 16.3. The Morgan fingerprint density at radius 1 is 1.25 bits per heavy atom. The number of azo groups is 1. The molecule has 0 aliphatic carbocycles. The van der Waals surface area contributed by atoms with Crippen LogP contribution in [0, 0.1) is 5.41 Å². The fraction of sp³-hybridized carbons (Fsp3) is 0.375. The molecule has 3 N–H and O–H groups in total. The molecule has 1 aromatic carbocycles. The first kappa shape index (κ1) is 16.0. The molecule has 0 saturated carbocycles. The molecule has 0 saturated heterocycles. The molecule has 0 heterocycles. The van der Waals surface area contributed by atoms with Gasteiger partial charge in [-0.05, 0) is 37.0 Å². The van der Waals surface area contributed by atoms with Crippen LogP contribution in [0.2, 0.25) is 0 Å². The van der Waals surface area contributed by atoms with Crippen LogP contribution in [0.4, 0.5) is 11.4 Å². The number of para-hydroxylation sites is 1. The van der Waals surface area contributed by atoms with Crippen molar-refractivity contribution in [2.75, 3.05) is 5.73 Å². The van der Waals surface area contributed by atoms with Gasteiger partial charge in [0.1, 0.15) is 17.1 Å². The fourth-order valence-corrected chi connectivity index (χ4v) is 1.48. The van der Waals surface area contributed by atoms with Gasteiger partial charge in [0.15, 0.2) is 0 Å². The summed E-state index contributed by atoms with van der Waals surface area (Å²) in [5.74, 6) is 0.165. The Kier molecular flexibility index (Phi) is 5.08. The monoisotopic (exact) mass is 273 g/mol. The minimum atomic E-state index is -0.125. The van der Waals surface area contributed by atoms with Crippen molar-refractivity contribution in [1.29, 1.82) is 0 Å². The number of hydrogen-bond donors (Lipinski definition) is 2. The van der Waals surface area contributed by atoms with Crippen molar-refractivity contribution in [2.24, 2.45) is 15.6 Å². The molecule has 0 unspecified atom stereocenters. The number of allylic oxidation sites excluding steroid dienone is 2. The molecule has 0 fully saturated rings. The van der Waals surface area contributed by atoms with Crippen molar-refractivity contribution < 1.29 is 5.11 Å². The summed E-state index contributed by atoms with van der Waals surface area (Å²) in [6, 6.07) is 7.23. The zero-order valence-electron chi connectivity index (χ0n) is 12.8. The summed E-state index contributed by atoms with van der Waals surface area (Å²) in [4.78, 5) is 0. The number of nitrogens with zero attached hydrogens (tertiary/aromatic N) is 2. The Morgan fingerprint density at radius 2 is 1.85 bits per heavy atom. The molecule has 1 aromatic rings. The maximum Gasteiger partial charge on any atom is 0.142 e. The highest BCUT2D eigenvalue weighted by molar-refractivity contribution is 5.61. The van der Waals surface area contributed by atoms with E-state index in [0.717, 1.165) is 5.57 Å². The Morgan fingerprint density at radius 3 is 2.35 bits per heavy atom. The molecule has 0 aliphatic heterocycles. The number of anilines is 1. The number of hydrogen-bond acceptors (Lipinski definition) is 4. The summed E-state index contributed by atoms with van der Waals surface area (Å²) < 4.78 is 0. The van der Waals surface area contributed by atoms with Gasteiger partial charge in [0.25, 0.3) is 0 Å². The summed E-state index contributed by atoms with van der Waals surface area (Å²) in [6.07, 6.45) is 1.73. The van der Waals surface area contributed by atoms with Crippen LogP contribution in [0.15, 0.2) is 57.6 Å². The van der Waals surface area contributed by atoms with E-state index in [9.17, 15) is 5.11 Å². The lowest BCUT2D eigenvalue weighted by Crippen LogP contribution is -2.10. The Hall–Kier alpha value is -2.10. The smallest absolute Gasteiger partial charge is 0.142 e. The van der Waals surface area contributed by atoms with Crippen molar-refractivity contribution in [2.45, 2.75) is 34.6 Å². The average molecular weight is 273 g/mol. The predicted octanol–water partition coefficient (Wildman–Crippen LogP) is 5.13. The molecule has 4 nitrogen and oxygen atoms in total. The van der Waals surface area contributed by atoms with Crippen molar-refractivity contribution in [3.63, 3.8) is 0 Å². The Balaban J connectivity index is 3.09. The van der Waals surface area contributed by atoms with Crippen LogP contribution in [0.25, 0.3) is 0 Å². The summed E-state index contributed by atoms with van der Waals surface area (Å²) >= 11 is 0. The molecule has 0 bridgehead atoms. The second kappa shape index (κ2) is 6.37. The van der Waals surface area contributed by atoms with Crippen LogP contribution in [-0.2, 0) is 0 Å². The van der Waals surface area contributed by atoms with Crippen LogP contribution in [0.5, 0.6) is 0 Å². The quantitative estimate of drug-likeness (QED) is 0.346. The number of nitrogen functional groups attached to an aromatic ring is 1. The van der Waals surface area contributed by atoms with E-state index in [1.54, 1.807) is 18.2 Å². The maximum absolute atomic E-state index is 10.3. The summed E-state index contributed by atoms with van der Waals surface area (Å²) in [6.45, 7) is 9.83. The van der Waals surface area contributed by atoms with Gasteiger partial charge in [-0.15, -0.1) is 10.2 Å². The lowest BCUT2D eigenvalue weighted by Gasteiger charge is -2.21. The van der Waals surface area contributed by atoms with E-state index in [4.69, 9.17) is 5.73 Å². The molecule has 0 radical (unpaired) electrons.